The number of nitrogens with zero attached hydrogens (tertiary/aromatic N) is 1. The summed E-state index contributed by atoms with van der Waals surface area (Å²) in [5, 5.41) is 0. The Bertz CT molecular complexity index is 1300. The molecule has 0 aromatic rings. The second kappa shape index (κ2) is 36.1. The minimum Gasteiger partial charge on any atom is -0.756 e. The van der Waals surface area contributed by atoms with Gasteiger partial charge in [-0.25, -0.2) is 0 Å². The highest BCUT2D eigenvalue weighted by Crippen LogP contribution is 2.38. The zero-order chi connectivity index (χ0) is 43.3. The normalized spacial score (nSPS) is 17.7. The molecule has 0 aromatic heterocycles. The number of allylic oxidation sites excluding steroid dienone is 11. The van der Waals surface area contributed by atoms with Crippen molar-refractivity contribution >= 4 is 19.8 Å². The Labute approximate surface area is 359 Å². The zero-order valence-corrected chi connectivity index (χ0v) is 38.5. The quantitative estimate of drug-likeness (QED) is 0.0148. The van der Waals surface area contributed by atoms with Crippen molar-refractivity contribution in [1.82, 2.24) is 0 Å². The molecule has 0 aromatic carbocycles. The van der Waals surface area contributed by atoms with Crippen LogP contribution < -0.4 is 4.89 Å². The zero-order valence-electron chi connectivity index (χ0n) is 37.6. The fourth-order valence-corrected chi connectivity index (χ4v) is 6.66. The number of phosphoric acid groups is 1. The minimum atomic E-state index is -4.65. The lowest BCUT2D eigenvalue weighted by atomic mass is 10.1. The van der Waals surface area contributed by atoms with Crippen molar-refractivity contribution in [3.8, 4) is 0 Å². The fraction of sp³-hybridized carbons (Fsp3) is 0.708. The fourth-order valence-electron chi connectivity index (χ4n) is 5.94. The first-order valence-corrected chi connectivity index (χ1v) is 24.2. The summed E-state index contributed by atoms with van der Waals surface area (Å²) < 4.78 is 39.6. The van der Waals surface area contributed by atoms with E-state index in [0.29, 0.717) is 36.1 Å². The first-order valence-electron chi connectivity index (χ1n) is 22.8. The summed E-state index contributed by atoms with van der Waals surface area (Å²) in [5.41, 5.74) is 0. The molecule has 0 aliphatic carbocycles. The van der Waals surface area contributed by atoms with Crippen LogP contribution in [0.15, 0.2) is 72.9 Å². The molecule has 10 nitrogen and oxygen atoms in total. The van der Waals surface area contributed by atoms with Crippen molar-refractivity contribution in [1.29, 1.82) is 0 Å². The molecule has 1 aliphatic heterocycles. The van der Waals surface area contributed by atoms with Crippen LogP contribution in [-0.2, 0) is 37.4 Å². The molecular formula is C48H82NO9P. The Morgan fingerprint density at radius 1 is 0.627 bits per heavy atom. The monoisotopic (exact) mass is 848 g/mol. The van der Waals surface area contributed by atoms with Gasteiger partial charge in [-0.05, 0) is 77.0 Å². The van der Waals surface area contributed by atoms with Gasteiger partial charge in [0.05, 0.1) is 40.0 Å². The van der Waals surface area contributed by atoms with Gasteiger partial charge in [0.15, 0.2) is 6.10 Å². The number of quaternary nitrogens is 1. The number of unbranched alkanes of at least 4 members (excludes halogenated alkanes) is 10. The topological polar surface area (TPSA) is 124 Å². The number of rotatable bonds is 39. The maximum absolute atomic E-state index is 12.7. The summed E-state index contributed by atoms with van der Waals surface area (Å²) in [6, 6.07) is 0. The Morgan fingerprint density at radius 3 is 1.80 bits per heavy atom. The second-order valence-corrected chi connectivity index (χ2v) is 17.9. The highest BCUT2D eigenvalue weighted by atomic mass is 31.2. The molecule has 0 spiro atoms. The van der Waals surface area contributed by atoms with Crippen molar-refractivity contribution in [3.05, 3.63) is 72.9 Å². The van der Waals surface area contributed by atoms with Gasteiger partial charge < -0.3 is 32.6 Å². The number of hydrogen-bond acceptors (Lipinski definition) is 9. The van der Waals surface area contributed by atoms with Gasteiger partial charge in [-0.15, -0.1) is 0 Å². The van der Waals surface area contributed by atoms with Gasteiger partial charge in [-0.2, -0.15) is 0 Å². The van der Waals surface area contributed by atoms with Crippen LogP contribution in [0, 0.1) is 0 Å². The molecule has 4 atom stereocenters. The molecule has 59 heavy (non-hydrogen) atoms. The van der Waals surface area contributed by atoms with Gasteiger partial charge in [0.2, 0.25) is 0 Å². The highest BCUT2D eigenvalue weighted by Gasteiger charge is 2.36. The van der Waals surface area contributed by atoms with Gasteiger partial charge in [0, 0.05) is 12.8 Å². The molecule has 0 radical (unpaired) electrons. The first kappa shape index (κ1) is 54.4. The largest absolute Gasteiger partial charge is 0.756 e. The summed E-state index contributed by atoms with van der Waals surface area (Å²) in [4.78, 5) is 37.6. The van der Waals surface area contributed by atoms with E-state index in [4.69, 9.17) is 23.3 Å². The Morgan fingerprint density at radius 2 is 1.17 bits per heavy atom. The third-order valence-electron chi connectivity index (χ3n) is 9.64. The molecule has 1 aliphatic rings. The molecule has 0 saturated carbocycles. The number of esters is 2. The Balaban J connectivity index is 2.33. The number of phosphoric ester groups is 1. The number of carbonyl (C=O) groups excluding carboxylic acids is 2. The highest BCUT2D eigenvalue weighted by molar-refractivity contribution is 7.45. The summed E-state index contributed by atoms with van der Waals surface area (Å²) >= 11 is 0. The lowest BCUT2D eigenvalue weighted by molar-refractivity contribution is -0.870. The van der Waals surface area contributed by atoms with E-state index in [2.05, 4.69) is 74.6 Å². The summed E-state index contributed by atoms with van der Waals surface area (Å²) in [7, 11) is 1.10. The van der Waals surface area contributed by atoms with Crippen molar-refractivity contribution < 1.29 is 46.8 Å². The Kier molecular flexibility index (Phi) is 33.3. The Hall–Kier alpha value is -2.59. The first-order chi connectivity index (χ1) is 28.5. The lowest BCUT2D eigenvalue weighted by Gasteiger charge is -2.28. The van der Waals surface area contributed by atoms with Crippen LogP contribution in [0.2, 0.25) is 0 Å². The van der Waals surface area contributed by atoms with Crippen LogP contribution in [0.5, 0.6) is 0 Å². The van der Waals surface area contributed by atoms with E-state index in [1.54, 1.807) is 0 Å². The number of likely N-dealkylation sites (N-methyl/N-ethyl adjacent to an activating group) is 1. The van der Waals surface area contributed by atoms with Crippen molar-refractivity contribution in [2.24, 2.45) is 0 Å². The van der Waals surface area contributed by atoms with Crippen LogP contribution in [0.3, 0.4) is 0 Å². The van der Waals surface area contributed by atoms with Crippen molar-refractivity contribution in [2.75, 3.05) is 47.5 Å². The smallest absolute Gasteiger partial charge is 0.306 e. The van der Waals surface area contributed by atoms with E-state index < -0.39 is 32.5 Å². The van der Waals surface area contributed by atoms with E-state index >= 15 is 0 Å². The van der Waals surface area contributed by atoms with Crippen LogP contribution in [0.1, 0.15) is 155 Å². The van der Waals surface area contributed by atoms with Gasteiger partial charge in [0.25, 0.3) is 7.82 Å². The SMILES string of the molecule is CCCCC/C=C\C/C=C\C/C=C\C/C=C\C/C=C\CCC(=O)OC[C@H](COP(=O)([O-])OCC[N+](C)(C)C)OC(=O)CCCCCCC/C=C\CC1OC1CCCCC. The number of hydrogen-bond donors (Lipinski definition) is 0. The average Bonchev–Trinajstić information content (AvgIpc) is 3.94. The average molecular weight is 848 g/mol. The van der Waals surface area contributed by atoms with Crippen molar-refractivity contribution in [3.63, 3.8) is 0 Å². The number of carbonyl (C=O) groups is 2. The molecule has 0 amide bonds. The second-order valence-electron chi connectivity index (χ2n) is 16.4. The van der Waals surface area contributed by atoms with Crippen LogP contribution in [0.25, 0.3) is 0 Å². The maximum atomic E-state index is 12.7. The van der Waals surface area contributed by atoms with E-state index in [9.17, 15) is 19.0 Å². The van der Waals surface area contributed by atoms with E-state index in [1.165, 1.54) is 51.4 Å². The summed E-state index contributed by atoms with van der Waals surface area (Å²) in [6.07, 6.45) is 46.8. The van der Waals surface area contributed by atoms with Crippen LogP contribution in [0.4, 0.5) is 0 Å². The van der Waals surface area contributed by atoms with Gasteiger partial charge >= 0.3 is 11.9 Å². The van der Waals surface area contributed by atoms with Gasteiger partial charge in [-0.1, -0.05) is 138 Å². The third kappa shape index (κ3) is 36.9. The molecule has 1 rings (SSSR count). The van der Waals surface area contributed by atoms with Gasteiger partial charge in [-0.3, -0.25) is 14.2 Å². The third-order valence-corrected chi connectivity index (χ3v) is 10.6. The molecule has 1 fully saturated rings. The predicted molar refractivity (Wildman–Crippen MR) is 240 cm³/mol. The maximum Gasteiger partial charge on any atom is 0.306 e. The van der Waals surface area contributed by atoms with E-state index in [-0.39, 0.29) is 26.1 Å². The lowest BCUT2D eigenvalue weighted by Crippen LogP contribution is -2.37. The standard InChI is InChI=1S/C48H82NO9P/c1-6-8-10-11-12-13-14-15-16-17-18-19-20-21-22-23-27-30-34-38-47(50)54-42-44(43-56-59(52,53)55-41-40-49(3,4)5)57-48(51)39-35-31-28-25-24-26-29-33-37-46-45(58-46)36-32-9-7-2/h12-13,15-16,18-19,21-22,27,29-30,33,44-46H,6-11,14,17,20,23-26,28,31-32,34-43H2,1-5H3/b13-12-,16-15-,19-18-,22-21-,30-27-,33-29-/t44-,45?,46?/m1/s1. The van der Waals surface area contributed by atoms with E-state index in [0.717, 1.165) is 64.2 Å². The molecule has 0 bridgehead atoms. The molecular weight excluding hydrogens is 765 g/mol. The minimum absolute atomic E-state index is 0.0506. The number of epoxide rings is 1. The van der Waals surface area contributed by atoms with E-state index in [1.807, 2.05) is 33.3 Å². The van der Waals surface area contributed by atoms with Crippen LogP contribution >= 0.6 is 7.82 Å². The summed E-state index contributed by atoms with van der Waals surface area (Å²) in [6.45, 7) is 4.04. The molecule has 0 N–H and O–H groups in total. The number of ether oxygens (including phenoxy) is 3. The van der Waals surface area contributed by atoms with Gasteiger partial charge in [0.1, 0.15) is 19.8 Å². The molecule has 338 valence electrons. The molecule has 3 unspecified atom stereocenters. The predicted octanol–water partition coefficient (Wildman–Crippen LogP) is 11.4. The molecule has 11 heteroatoms. The molecule has 1 saturated heterocycles. The molecule has 1 heterocycles. The summed E-state index contributed by atoms with van der Waals surface area (Å²) in [5.74, 6) is -0.959. The van der Waals surface area contributed by atoms with Crippen LogP contribution in [-0.4, -0.2) is 82.2 Å². The van der Waals surface area contributed by atoms with Crippen molar-refractivity contribution in [2.45, 2.75) is 173 Å².